The third kappa shape index (κ3) is 4.44. The number of nitrogens with zero attached hydrogens (tertiary/aromatic N) is 4. The van der Waals surface area contributed by atoms with E-state index in [-0.39, 0.29) is 29.4 Å². The SMILES string of the molecule is CCC(CC)Nc1nc(N(C)C)nc(NC(C)C)c1[N+](=O)[O-]. The Morgan fingerprint density at radius 3 is 2.00 bits per heavy atom. The molecule has 124 valence electrons. The van der Waals surface area contributed by atoms with Crippen molar-refractivity contribution in [2.45, 2.75) is 52.6 Å². The molecule has 0 aliphatic rings. The molecular weight excluding hydrogens is 284 g/mol. The van der Waals surface area contributed by atoms with Crippen LogP contribution in [0.4, 0.5) is 23.3 Å². The van der Waals surface area contributed by atoms with E-state index in [0.29, 0.717) is 5.95 Å². The van der Waals surface area contributed by atoms with Crippen molar-refractivity contribution in [1.29, 1.82) is 0 Å². The zero-order valence-corrected chi connectivity index (χ0v) is 14.2. The quantitative estimate of drug-likeness (QED) is 0.563. The fourth-order valence-corrected chi connectivity index (χ4v) is 1.98. The highest BCUT2D eigenvalue weighted by molar-refractivity contribution is 5.72. The van der Waals surface area contributed by atoms with Gasteiger partial charge in [-0.05, 0) is 26.7 Å². The molecule has 1 rings (SSSR count). The molecule has 0 aliphatic carbocycles. The molecule has 22 heavy (non-hydrogen) atoms. The second kappa shape index (κ2) is 7.77. The van der Waals surface area contributed by atoms with Crippen molar-refractivity contribution >= 4 is 23.3 Å². The van der Waals surface area contributed by atoms with Crippen LogP contribution in [0.2, 0.25) is 0 Å². The summed E-state index contributed by atoms with van der Waals surface area (Å²) in [6.45, 7) is 7.90. The molecule has 1 heterocycles. The zero-order valence-electron chi connectivity index (χ0n) is 14.2. The topological polar surface area (TPSA) is 96.2 Å². The van der Waals surface area contributed by atoms with Gasteiger partial charge in [-0.1, -0.05) is 13.8 Å². The van der Waals surface area contributed by atoms with Gasteiger partial charge in [0.15, 0.2) is 0 Å². The molecule has 0 amide bonds. The lowest BCUT2D eigenvalue weighted by molar-refractivity contribution is -0.383. The largest absolute Gasteiger partial charge is 0.362 e. The molecule has 0 aliphatic heterocycles. The van der Waals surface area contributed by atoms with Gasteiger partial charge in [-0.2, -0.15) is 9.97 Å². The molecule has 2 N–H and O–H groups in total. The number of nitrogens with one attached hydrogen (secondary N) is 2. The number of nitro groups is 1. The molecule has 0 aromatic carbocycles. The van der Waals surface area contributed by atoms with E-state index in [1.165, 1.54) is 0 Å². The molecule has 0 bridgehead atoms. The molecule has 0 unspecified atom stereocenters. The molecular formula is C14H26N6O2. The van der Waals surface area contributed by atoms with Crippen molar-refractivity contribution in [1.82, 2.24) is 9.97 Å². The van der Waals surface area contributed by atoms with Gasteiger partial charge in [-0.15, -0.1) is 0 Å². The fraction of sp³-hybridized carbons (Fsp3) is 0.714. The Kier molecular flexibility index (Phi) is 6.33. The number of aromatic nitrogens is 2. The zero-order chi connectivity index (χ0) is 16.9. The number of rotatable bonds is 8. The minimum absolute atomic E-state index is 0.0320. The van der Waals surface area contributed by atoms with E-state index in [1.54, 1.807) is 19.0 Å². The van der Waals surface area contributed by atoms with Crippen LogP contribution in [0.25, 0.3) is 0 Å². The van der Waals surface area contributed by atoms with Crippen LogP contribution in [-0.2, 0) is 0 Å². The first-order valence-corrected chi connectivity index (χ1v) is 7.56. The third-order valence-corrected chi connectivity index (χ3v) is 3.21. The van der Waals surface area contributed by atoms with E-state index >= 15 is 0 Å². The average Bonchev–Trinajstić information content (AvgIpc) is 2.42. The van der Waals surface area contributed by atoms with Gasteiger partial charge in [-0.3, -0.25) is 10.1 Å². The number of hydrogen-bond acceptors (Lipinski definition) is 7. The second-order valence-corrected chi connectivity index (χ2v) is 5.68. The van der Waals surface area contributed by atoms with Gasteiger partial charge in [0.1, 0.15) is 0 Å². The summed E-state index contributed by atoms with van der Waals surface area (Å²) in [5.74, 6) is 0.940. The van der Waals surface area contributed by atoms with Crippen molar-refractivity contribution in [3.63, 3.8) is 0 Å². The van der Waals surface area contributed by atoms with Crippen LogP contribution < -0.4 is 15.5 Å². The number of hydrogen-bond donors (Lipinski definition) is 2. The van der Waals surface area contributed by atoms with Crippen LogP contribution >= 0.6 is 0 Å². The van der Waals surface area contributed by atoms with Crippen LogP contribution in [0.5, 0.6) is 0 Å². The summed E-state index contributed by atoms with van der Waals surface area (Å²) in [6.07, 6.45) is 1.73. The Hall–Kier alpha value is -2.12. The van der Waals surface area contributed by atoms with E-state index in [9.17, 15) is 10.1 Å². The lowest BCUT2D eigenvalue weighted by atomic mass is 10.2. The first-order chi connectivity index (χ1) is 10.3. The summed E-state index contributed by atoms with van der Waals surface area (Å²) >= 11 is 0. The monoisotopic (exact) mass is 310 g/mol. The van der Waals surface area contributed by atoms with Gasteiger partial charge < -0.3 is 15.5 Å². The smallest absolute Gasteiger partial charge is 0.353 e. The Balaban J connectivity index is 3.41. The van der Waals surface area contributed by atoms with Gasteiger partial charge in [0.05, 0.1) is 4.92 Å². The number of anilines is 3. The molecule has 0 saturated carbocycles. The maximum absolute atomic E-state index is 11.5. The molecule has 0 saturated heterocycles. The van der Waals surface area contributed by atoms with E-state index in [0.717, 1.165) is 12.8 Å². The fourth-order valence-electron chi connectivity index (χ4n) is 1.98. The summed E-state index contributed by atoms with van der Waals surface area (Å²) in [4.78, 5) is 21.4. The van der Waals surface area contributed by atoms with Crippen molar-refractivity contribution in [3.05, 3.63) is 10.1 Å². The van der Waals surface area contributed by atoms with Gasteiger partial charge in [0.2, 0.25) is 17.6 Å². The normalized spacial score (nSPS) is 10.9. The van der Waals surface area contributed by atoms with Crippen LogP contribution in [0.15, 0.2) is 0 Å². The standard InChI is InChI=1S/C14H26N6O2/c1-7-10(8-2)16-13-11(20(21)22)12(15-9(3)4)17-14(18-13)19(5)6/h9-10H,7-8H2,1-6H3,(H2,15,16,17,18). The maximum Gasteiger partial charge on any atom is 0.353 e. The Bertz CT molecular complexity index is 514. The molecule has 8 heteroatoms. The lowest BCUT2D eigenvalue weighted by Gasteiger charge is -2.20. The van der Waals surface area contributed by atoms with Crippen LogP contribution in [0, 0.1) is 10.1 Å². The maximum atomic E-state index is 11.5. The first-order valence-electron chi connectivity index (χ1n) is 7.56. The van der Waals surface area contributed by atoms with Crippen molar-refractivity contribution in [3.8, 4) is 0 Å². The summed E-state index contributed by atoms with van der Waals surface area (Å²) in [5, 5.41) is 17.7. The molecule has 1 aromatic heterocycles. The predicted octanol–water partition coefficient (Wildman–Crippen LogP) is 2.87. The Morgan fingerprint density at radius 1 is 1.14 bits per heavy atom. The summed E-state index contributed by atoms with van der Waals surface area (Å²) in [5.41, 5.74) is -0.105. The molecule has 0 fully saturated rings. The summed E-state index contributed by atoms with van der Waals surface area (Å²) < 4.78 is 0. The molecule has 0 atom stereocenters. The average molecular weight is 310 g/mol. The van der Waals surface area contributed by atoms with Crippen molar-refractivity contribution in [2.24, 2.45) is 0 Å². The summed E-state index contributed by atoms with van der Waals surface area (Å²) in [7, 11) is 3.61. The molecule has 0 radical (unpaired) electrons. The van der Waals surface area contributed by atoms with Gasteiger partial charge in [-0.25, -0.2) is 0 Å². The van der Waals surface area contributed by atoms with Crippen LogP contribution in [0.1, 0.15) is 40.5 Å². The first kappa shape index (κ1) is 17.9. The van der Waals surface area contributed by atoms with Crippen LogP contribution in [-0.4, -0.2) is 41.1 Å². The molecule has 8 nitrogen and oxygen atoms in total. The van der Waals surface area contributed by atoms with Crippen LogP contribution in [0.3, 0.4) is 0 Å². The Morgan fingerprint density at radius 2 is 1.64 bits per heavy atom. The van der Waals surface area contributed by atoms with E-state index in [4.69, 9.17) is 0 Å². The van der Waals surface area contributed by atoms with Crippen molar-refractivity contribution < 1.29 is 4.92 Å². The highest BCUT2D eigenvalue weighted by Crippen LogP contribution is 2.33. The Labute approximate surface area is 131 Å². The van der Waals surface area contributed by atoms with Gasteiger partial charge in [0, 0.05) is 26.2 Å². The molecule has 1 aromatic rings. The third-order valence-electron chi connectivity index (χ3n) is 3.21. The van der Waals surface area contributed by atoms with Gasteiger partial charge >= 0.3 is 5.69 Å². The molecule has 0 spiro atoms. The van der Waals surface area contributed by atoms with E-state index in [2.05, 4.69) is 20.6 Å². The minimum Gasteiger partial charge on any atom is -0.362 e. The van der Waals surface area contributed by atoms with Gasteiger partial charge in [0.25, 0.3) is 0 Å². The highest BCUT2D eigenvalue weighted by atomic mass is 16.6. The second-order valence-electron chi connectivity index (χ2n) is 5.68. The highest BCUT2D eigenvalue weighted by Gasteiger charge is 2.27. The predicted molar refractivity (Wildman–Crippen MR) is 89.8 cm³/mol. The van der Waals surface area contributed by atoms with E-state index in [1.807, 2.05) is 27.7 Å². The minimum atomic E-state index is -0.436. The lowest BCUT2D eigenvalue weighted by Crippen LogP contribution is -2.23. The summed E-state index contributed by atoms with van der Waals surface area (Å²) in [6, 6.07) is 0.167. The van der Waals surface area contributed by atoms with E-state index < -0.39 is 4.92 Å². The van der Waals surface area contributed by atoms with Crippen molar-refractivity contribution in [2.75, 3.05) is 29.6 Å².